The Morgan fingerprint density at radius 1 is 1.26 bits per heavy atom. The maximum absolute atomic E-state index is 13.6. The summed E-state index contributed by atoms with van der Waals surface area (Å²) in [7, 11) is 1.94. The molecule has 4 heteroatoms. The maximum atomic E-state index is 13.6. The molecule has 1 N–H and O–H groups in total. The number of halogens is 2. The van der Waals surface area contributed by atoms with E-state index >= 15 is 0 Å². The largest absolute Gasteiger partial charge is 0.387 e. The van der Waals surface area contributed by atoms with Crippen molar-refractivity contribution in [3.05, 3.63) is 35.4 Å². The highest BCUT2D eigenvalue weighted by atomic mass is 19.2. The standard InChI is InChI=1S/C15H21F2NO/c1-18(11-6-3-2-4-7-11)10-14(19)12-8-5-9-13(16)15(12)17/h5,8-9,11,14,19H,2-4,6-7,10H2,1H3. The van der Waals surface area contributed by atoms with E-state index in [4.69, 9.17) is 0 Å². The van der Waals surface area contributed by atoms with Crippen molar-refractivity contribution in [3.8, 4) is 0 Å². The molecule has 0 aromatic heterocycles. The van der Waals surface area contributed by atoms with Crippen LogP contribution in [0.15, 0.2) is 18.2 Å². The van der Waals surface area contributed by atoms with E-state index in [9.17, 15) is 13.9 Å². The molecule has 1 saturated carbocycles. The van der Waals surface area contributed by atoms with Crippen LogP contribution < -0.4 is 0 Å². The molecular formula is C15H21F2NO. The predicted molar refractivity (Wildman–Crippen MR) is 70.8 cm³/mol. The molecule has 2 nitrogen and oxygen atoms in total. The Bertz CT molecular complexity index is 419. The Morgan fingerprint density at radius 3 is 2.63 bits per heavy atom. The Balaban J connectivity index is 1.99. The third-order valence-corrected chi connectivity index (χ3v) is 4.00. The van der Waals surface area contributed by atoms with Gasteiger partial charge in [0, 0.05) is 18.2 Å². The Labute approximate surface area is 113 Å². The van der Waals surface area contributed by atoms with Crippen molar-refractivity contribution in [2.45, 2.75) is 44.2 Å². The molecule has 0 heterocycles. The molecule has 1 atom stereocenters. The smallest absolute Gasteiger partial charge is 0.164 e. The van der Waals surface area contributed by atoms with E-state index < -0.39 is 17.7 Å². The lowest BCUT2D eigenvalue weighted by atomic mass is 9.94. The Hall–Kier alpha value is -1.00. The van der Waals surface area contributed by atoms with Crippen LogP contribution >= 0.6 is 0 Å². The number of aliphatic hydroxyl groups is 1. The van der Waals surface area contributed by atoms with Crippen molar-refractivity contribution in [1.29, 1.82) is 0 Å². The van der Waals surface area contributed by atoms with Crippen LogP contribution in [0, 0.1) is 11.6 Å². The molecule has 1 aromatic carbocycles. The molecule has 1 aliphatic carbocycles. The minimum absolute atomic E-state index is 0.0441. The number of nitrogens with zero attached hydrogens (tertiary/aromatic N) is 1. The molecule has 19 heavy (non-hydrogen) atoms. The van der Waals surface area contributed by atoms with Crippen LogP contribution in [-0.4, -0.2) is 29.6 Å². The number of aliphatic hydroxyl groups excluding tert-OH is 1. The van der Waals surface area contributed by atoms with Gasteiger partial charge in [-0.15, -0.1) is 0 Å². The third-order valence-electron chi connectivity index (χ3n) is 4.00. The van der Waals surface area contributed by atoms with Crippen LogP contribution in [0.5, 0.6) is 0 Å². The summed E-state index contributed by atoms with van der Waals surface area (Å²) in [6, 6.07) is 4.38. The summed E-state index contributed by atoms with van der Waals surface area (Å²) >= 11 is 0. The summed E-state index contributed by atoms with van der Waals surface area (Å²) in [5.74, 6) is -1.84. The van der Waals surface area contributed by atoms with Gasteiger partial charge in [-0.1, -0.05) is 31.4 Å². The van der Waals surface area contributed by atoms with E-state index in [-0.39, 0.29) is 5.56 Å². The minimum atomic E-state index is -0.984. The highest BCUT2D eigenvalue weighted by Gasteiger charge is 2.22. The Kier molecular flexibility index (Phi) is 4.88. The van der Waals surface area contributed by atoms with Crippen molar-refractivity contribution in [2.24, 2.45) is 0 Å². The fraction of sp³-hybridized carbons (Fsp3) is 0.600. The maximum Gasteiger partial charge on any atom is 0.164 e. The summed E-state index contributed by atoms with van der Waals surface area (Å²) in [5.41, 5.74) is 0.0441. The average Bonchev–Trinajstić information content (AvgIpc) is 2.42. The second-order valence-electron chi connectivity index (χ2n) is 5.39. The van der Waals surface area contributed by atoms with Gasteiger partial charge in [0.15, 0.2) is 11.6 Å². The molecule has 1 aromatic rings. The fourth-order valence-electron chi connectivity index (χ4n) is 2.82. The molecule has 1 fully saturated rings. The normalized spacial score (nSPS) is 18.8. The van der Waals surface area contributed by atoms with Gasteiger partial charge in [-0.25, -0.2) is 8.78 Å². The van der Waals surface area contributed by atoms with Crippen LogP contribution in [-0.2, 0) is 0 Å². The van der Waals surface area contributed by atoms with E-state index in [1.807, 2.05) is 7.05 Å². The SMILES string of the molecule is CN(CC(O)c1cccc(F)c1F)C1CCCCC1. The number of rotatable bonds is 4. The molecule has 0 radical (unpaired) electrons. The summed E-state index contributed by atoms with van der Waals surface area (Å²) in [6.45, 7) is 0.338. The van der Waals surface area contributed by atoms with Crippen LogP contribution in [0.2, 0.25) is 0 Å². The van der Waals surface area contributed by atoms with Crippen LogP contribution in [0.1, 0.15) is 43.8 Å². The average molecular weight is 269 g/mol. The number of likely N-dealkylation sites (N-methyl/N-ethyl adjacent to an activating group) is 1. The van der Waals surface area contributed by atoms with Crippen molar-refractivity contribution in [3.63, 3.8) is 0 Å². The summed E-state index contributed by atoms with van der Waals surface area (Å²) in [4.78, 5) is 2.06. The number of benzene rings is 1. The molecule has 0 aliphatic heterocycles. The van der Waals surface area contributed by atoms with Crippen LogP contribution in [0.4, 0.5) is 8.78 Å². The third kappa shape index (κ3) is 3.51. The molecular weight excluding hydrogens is 248 g/mol. The van der Waals surface area contributed by atoms with Crippen LogP contribution in [0.3, 0.4) is 0 Å². The Morgan fingerprint density at radius 2 is 1.95 bits per heavy atom. The van der Waals surface area contributed by atoms with Crippen molar-refractivity contribution >= 4 is 0 Å². The van der Waals surface area contributed by atoms with Gasteiger partial charge in [-0.05, 0) is 26.0 Å². The van der Waals surface area contributed by atoms with Crippen LogP contribution in [0.25, 0.3) is 0 Å². The van der Waals surface area contributed by atoms with E-state index in [2.05, 4.69) is 4.90 Å². The van der Waals surface area contributed by atoms with Crippen molar-refractivity contribution in [1.82, 2.24) is 4.90 Å². The lowest BCUT2D eigenvalue weighted by molar-refractivity contribution is 0.0886. The second kappa shape index (κ2) is 6.44. The van der Waals surface area contributed by atoms with Gasteiger partial charge >= 0.3 is 0 Å². The fourth-order valence-corrected chi connectivity index (χ4v) is 2.82. The molecule has 106 valence electrons. The molecule has 0 spiro atoms. The summed E-state index contributed by atoms with van der Waals surface area (Å²) < 4.78 is 26.7. The van der Waals surface area contributed by atoms with Crippen molar-refractivity contribution < 1.29 is 13.9 Å². The zero-order valence-electron chi connectivity index (χ0n) is 11.3. The van der Waals surface area contributed by atoms with Gasteiger partial charge < -0.3 is 10.0 Å². The number of hydrogen-bond donors (Lipinski definition) is 1. The van der Waals surface area contributed by atoms with E-state index in [0.29, 0.717) is 12.6 Å². The topological polar surface area (TPSA) is 23.5 Å². The minimum Gasteiger partial charge on any atom is -0.387 e. The molecule has 2 rings (SSSR count). The van der Waals surface area contributed by atoms with E-state index in [0.717, 1.165) is 18.9 Å². The molecule has 0 amide bonds. The van der Waals surface area contributed by atoms with Gasteiger partial charge in [0.2, 0.25) is 0 Å². The molecule has 0 saturated heterocycles. The van der Waals surface area contributed by atoms with E-state index in [1.165, 1.54) is 31.4 Å². The lowest BCUT2D eigenvalue weighted by Gasteiger charge is -2.32. The quantitative estimate of drug-likeness (QED) is 0.907. The lowest BCUT2D eigenvalue weighted by Crippen LogP contribution is -2.36. The van der Waals surface area contributed by atoms with Gasteiger partial charge in [0.1, 0.15) is 0 Å². The first kappa shape index (κ1) is 14.4. The van der Waals surface area contributed by atoms with Crippen molar-refractivity contribution in [2.75, 3.05) is 13.6 Å². The second-order valence-corrected chi connectivity index (χ2v) is 5.39. The molecule has 1 unspecified atom stereocenters. The van der Waals surface area contributed by atoms with Gasteiger partial charge in [-0.2, -0.15) is 0 Å². The highest BCUT2D eigenvalue weighted by Crippen LogP contribution is 2.25. The zero-order valence-corrected chi connectivity index (χ0v) is 11.3. The molecule has 0 bridgehead atoms. The predicted octanol–water partition coefficient (Wildman–Crippen LogP) is 3.26. The zero-order chi connectivity index (χ0) is 13.8. The van der Waals surface area contributed by atoms with Gasteiger partial charge in [-0.3, -0.25) is 0 Å². The number of hydrogen-bond acceptors (Lipinski definition) is 2. The molecule has 1 aliphatic rings. The highest BCUT2D eigenvalue weighted by molar-refractivity contribution is 5.21. The van der Waals surface area contributed by atoms with Gasteiger partial charge in [0.05, 0.1) is 6.10 Å². The van der Waals surface area contributed by atoms with Gasteiger partial charge in [0.25, 0.3) is 0 Å². The summed E-state index contributed by atoms with van der Waals surface area (Å²) in [6.07, 6.45) is 4.94. The first-order chi connectivity index (χ1) is 9.09. The summed E-state index contributed by atoms with van der Waals surface area (Å²) in [5, 5.41) is 10.1. The monoisotopic (exact) mass is 269 g/mol. The van der Waals surface area contributed by atoms with E-state index in [1.54, 1.807) is 0 Å². The first-order valence-corrected chi connectivity index (χ1v) is 6.92. The first-order valence-electron chi connectivity index (χ1n) is 6.92.